The van der Waals surface area contributed by atoms with Crippen LogP contribution in [0.4, 0.5) is 5.13 Å². The Bertz CT molecular complexity index is 1350. The molecule has 2 heterocycles. The molecule has 32 heavy (non-hydrogen) atoms. The molecule has 0 atom stereocenters. The first-order valence-corrected chi connectivity index (χ1v) is 10.4. The Morgan fingerprint density at radius 1 is 1.00 bits per heavy atom. The number of nitrogens with zero attached hydrogens (tertiary/aromatic N) is 2. The van der Waals surface area contributed by atoms with Crippen molar-refractivity contribution in [1.29, 1.82) is 0 Å². The Morgan fingerprint density at radius 2 is 1.62 bits per heavy atom. The molecule has 0 aliphatic rings. The first-order valence-electron chi connectivity index (χ1n) is 9.60. The minimum atomic E-state index is -0.658. The van der Waals surface area contributed by atoms with Crippen molar-refractivity contribution in [2.24, 2.45) is 0 Å². The number of methoxy groups -OCH3 is 1. The second-order valence-electron chi connectivity index (χ2n) is 6.76. The number of H-pyrrole nitrogens is 1. The number of carbonyl (C=O) groups is 2. The fourth-order valence-corrected chi connectivity index (χ4v) is 4.13. The summed E-state index contributed by atoms with van der Waals surface area (Å²) in [6.07, 6.45) is 0. The van der Waals surface area contributed by atoms with Crippen LogP contribution >= 0.6 is 11.3 Å². The van der Waals surface area contributed by atoms with Gasteiger partial charge in [-0.1, -0.05) is 72.0 Å². The van der Waals surface area contributed by atoms with Gasteiger partial charge < -0.3 is 4.74 Å². The Labute approximate surface area is 186 Å². The zero-order chi connectivity index (χ0) is 22.7. The van der Waals surface area contributed by atoms with Gasteiger partial charge >= 0.3 is 5.97 Å². The van der Waals surface area contributed by atoms with Crippen LogP contribution in [0.3, 0.4) is 0 Å². The molecule has 2 aromatic heterocycles. The molecule has 160 valence electrons. The molecule has 1 amide bonds. The Morgan fingerprint density at radius 3 is 2.25 bits per heavy atom. The lowest BCUT2D eigenvalue weighted by molar-refractivity contribution is 0.0605. The first kappa shape index (κ1) is 21.1. The van der Waals surface area contributed by atoms with Crippen LogP contribution in [-0.4, -0.2) is 34.2 Å². The molecule has 0 aliphatic carbocycles. The highest BCUT2D eigenvalue weighted by Crippen LogP contribution is 2.32. The number of anilines is 1. The summed E-state index contributed by atoms with van der Waals surface area (Å²) in [6.45, 7) is 1.64. The molecule has 4 aromatic rings. The van der Waals surface area contributed by atoms with Crippen LogP contribution in [-0.2, 0) is 4.74 Å². The molecular weight excluding hydrogens is 428 g/mol. The fraction of sp³-hybridized carbons (Fsp3) is 0.0870. The Kier molecular flexibility index (Phi) is 5.91. The van der Waals surface area contributed by atoms with E-state index in [1.807, 2.05) is 60.7 Å². The molecule has 8 nitrogen and oxygen atoms in total. The van der Waals surface area contributed by atoms with Gasteiger partial charge in [0.1, 0.15) is 10.4 Å². The number of hydrogen-bond acceptors (Lipinski definition) is 7. The lowest BCUT2D eigenvalue weighted by Crippen LogP contribution is -2.26. The van der Waals surface area contributed by atoms with Crippen LogP contribution in [0, 0.1) is 6.92 Å². The maximum Gasteiger partial charge on any atom is 0.350 e. The summed E-state index contributed by atoms with van der Waals surface area (Å²) in [7, 11) is 1.27. The van der Waals surface area contributed by atoms with Crippen LogP contribution < -0.4 is 10.9 Å². The van der Waals surface area contributed by atoms with Crippen molar-refractivity contribution in [3.63, 3.8) is 0 Å². The fourth-order valence-electron chi connectivity index (χ4n) is 3.25. The van der Waals surface area contributed by atoms with Gasteiger partial charge in [0.25, 0.3) is 11.5 Å². The number of nitrogens with one attached hydrogen (secondary N) is 2. The molecule has 4 rings (SSSR count). The van der Waals surface area contributed by atoms with Gasteiger partial charge in [0.2, 0.25) is 0 Å². The summed E-state index contributed by atoms with van der Waals surface area (Å²) in [5, 5.41) is 9.49. The van der Waals surface area contributed by atoms with Crippen molar-refractivity contribution in [2.45, 2.75) is 6.92 Å². The van der Waals surface area contributed by atoms with E-state index in [2.05, 4.69) is 20.5 Å². The average molecular weight is 446 g/mol. The molecule has 9 heteroatoms. The zero-order valence-electron chi connectivity index (χ0n) is 17.2. The molecule has 0 aliphatic heterocycles. The van der Waals surface area contributed by atoms with Gasteiger partial charge in [0.15, 0.2) is 5.13 Å². The topological polar surface area (TPSA) is 114 Å². The van der Waals surface area contributed by atoms with E-state index in [1.54, 1.807) is 6.92 Å². The van der Waals surface area contributed by atoms with Gasteiger partial charge in [-0.15, -0.1) is 0 Å². The zero-order valence-corrected chi connectivity index (χ0v) is 18.0. The number of hydrogen-bond donors (Lipinski definition) is 2. The first-order chi connectivity index (χ1) is 15.5. The van der Waals surface area contributed by atoms with E-state index in [9.17, 15) is 14.4 Å². The normalized spacial score (nSPS) is 10.6. The van der Waals surface area contributed by atoms with Crippen molar-refractivity contribution in [1.82, 2.24) is 15.2 Å². The molecule has 0 fully saturated rings. The van der Waals surface area contributed by atoms with Crippen molar-refractivity contribution < 1.29 is 14.3 Å². The molecule has 0 saturated heterocycles. The number of aromatic amines is 1. The van der Waals surface area contributed by atoms with Gasteiger partial charge in [-0.25, -0.2) is 14.9 Å². The summed E-state index contributed by atoms with van der Waals surface area (Å²) in [5.74, 6) is -1.20. The lowest BCUT2D eigenvalue weighted by Gasteiger charge is -2.13. The number of benzene rings is 2. The number of aromatic nitrogens is 3. The van der Waals surface area contributed by atoms with Crippen LogP contribution in [0.5, 0.6) is 0 Å². The number of aryl methyl sites for hydroxylation is 1. The minimum Gasteiger partial charge on any atom is -0.465 e. The standard InChI is InChI=1S/C23H18N4O4S/c1-13-19(22(30)31-2)32-23(24-13)25-20(28)17-16(14-9-5-3-6-10-14)18(26-27-21(17)29)15-11-7-4-8-12-15/h3-12H,1-2H3,(H,27,29)(H,24,25,28). The van der Waals surface area contributed by atoms with E-state index in [4.69, 9.17) is 4.74 Å². The van der Waals surface area contributed by atoms with Gasteiger partial charge in [-0.05, 0) is 12.5 Å². The molecule has 0 radical (unpaired) electrons. The van der Waals surface area contributed by atoms with Gasteiger partial charge in [0.05, 0.1) is 18.5 Å². The van der Waals surface area contributed by atoms with Crippen LogP contribution in [0.15, 0.2) is 65.5 Å². The number of ether oxygens (including phenoxy) is 1. The van der Waals surface area contributed by atoms with E-state index in [1.165, 1.54) is 7.11 Å². The molecule has 0 bridgehead atoms. The third-order valence-corrected chi connectivity index (χ3v) is 5.76. The van der Waals surface area contributed by atoms with E-state index < -0.39 is 17.4 Å². The van der Waals surface area contributed by atoms with Crippen LogP contribution in [0.25, 0.3) is 22.4 Å². The van der Waals surface area contributed by atoms with E-state index in [-0.39, 0.29) is 15.6 Å². The van der Waals surface area contributed by atoms with Crippen molar-refractivity contribution >= 4 is 28.3 Å². The summed E-state index contributed by atoms with van der Waals surface area (Å²) >= 11 is 0.978. The van der Waals surface area contributed by atoms with Crippen LogP contribution in [0.2, 0.25) is 0 Å². The summed E-state index contributed by atoms with van der Waals surface area (Å²) in [6, 6.07) is 18.4. The maximum absolute atomic E-state index is 13.3. The largest absolute Gasteiger partial charge is 0.465 e. The summed E-state index contributed by atoms with van der Waals surface area (Å²) < 4.78 is 4.74. The predicted molar refractivity (Wildman–Crippen MR) is 122 cm³/mol. The molecule has 2 aromatic carbocycles. The smallest absolute Gasteiger partial charge is 0.350 e. The van der Waals surface area contributed by atoms with E-state index in [0.29, 0.717) is 22.5 Å². The third kappa shape index (κ3) is 4.06. The number of esters is 1. The Balaban J connectivity index is 1.84. The van der Waals surface area contributed by atoms with Crippen LogP contribution in [0.1, 0.15) is 25.7 Å². The average Bonchev–Trinajstić information content (AvgIpc) is 3.19. The molecule has 0 saturated carbocycles. The van der Waals surface area contributed by atoms with Gasteiger partial charge in [-0.3, -0.25) is 14.9 Å². The Hall–Kier alpha value is -4.11. The van der Waals surface area contributed by atoms with Crippen molar-refractivity contribution in [3.8, 4) is 22.4 Å². The predicted octanol–water partition coefficient (Wildman–Crippen LogP) is 3.91. The monoisotopic (exact) mass is 446 g/mol. The summed E-state index contributed by atoms with van der Waals surface area (Å²) in [4.78, 5) is 42.4. The van der Waals surface area contributed by atoms with Crippen molar-refractivity contribution in [3.05, 3.63) is 87.2 Å². The number of rotatable bonds is 5. The molecule has 0 spiro atoms. The molecule has 0 unspecified atom stereocenters. The second-order valence-corrected chi connectivity index (χ2v) is 7.76. The number of amides is 1. The minimum absolute atomic E-state index is 0.0995. The maximum atomic E-state index is 13.3. The number of carbonyl (C=O) groups excluding carboxylic acids is 2. The third-order valence-electron chi connectivity index (χ3n) is 4.71. The molecular formula is C23H18N4O4S. The van der Waals surface area contributed by atoms with Gasteiger partial charge in [0, 0.05) is 11.1 Å². The SMILES string of the molecule is COC(=O)c1sc(NC(=O)c2c(-c3ccccc3)c(-c3ccccc3)n[nH]c2=O)nc1C. The molecule has 2 N–H and O–H groups in total. The quantitative estimate of drug-likeness (QED) is 0.449. The second kappa shape index (κ2) is 8.94. The highest BCUT2D eigenvalue weighted by atomic mass is 32.1. The summed E-state index contributed by atoms with van der Waals surface area (Å²) in [5.41, 5.74) is 1.97. The van der Waals surface area contributed by atoms with Crippen molar-refractivity contribution in [2.75, 3.05) is 12.4 Å². The van der Waals surface area contributed by atoms with Gasteiger partial charge in [-0.2, -0.15) is 5.10 Å². The highest BCUT2D eigenvalue weighted by molar-refractivity contribution is 7.17. The highest BCUT2D eigenvalue weighted by Gasteiger charge is 2.24. The number of thiazole rings is 1. The van der Waals surface area contributed by atoms with E-state index >= 15 is 0 Å². The lowest BCUT2D eigenvalue weighted by atomic mass is 9.95. The van der Waals surface area contributed by atoms with E-state index in [0.717, 1.165) is 16.9 Å².